The molecule has 0 saturated carbocycles. The quantitative estimate of drug-likeness (QED) is 0.352. The standard InChI is InChI=1S/C17H17F3O3/c1-12-7-4-5-8-13(12)9-6-10-15(17(18,19)20)14(11-22-2)16(21)23-3/h4-11H,1-3H3. The Bertz CT molecular complexity index is 641. The summed E-state index contributed by atoms with van der Waals surface area (Å²) < 4.78 is 48.5. The summed E-state index contributed by atoms with van der Waals surface area (Å²) in [5.74, 6) is -1.13. The number of aryl methyl sites for hydroxylation is 1. The fourth-order valence-electron chi connectivity index (χ4n) is 1.81. The number of carbonyl (C=O) groups excluding carboxylic acids is 1. The number of benzene rings is 1. The Morgan fingerprint density at radius 1 is 1.17 bits per heavy atom. The number of alkyl halides is 3. The molecule has 3 nitrogen and oxygen atoms in total. The zero-order chi connectivity index (χ0) is 17.5. The molecule has 0 N–H and O–H groups in total. The van der Waals surface area contributed by atoms with Crippen molar-refractivity contribution in [3.8, 4) is 0 Å². The van der Waals surface area contributed by atoms with Crippen molar-refractivity contribution in [2.24, 2.45) is 0 Å². The van der Waals surface area contributed by atoms with Crippen LogP contribution in [0.15, 0.2) is 53.8 Å². The average Bonchev–Trinajstić information content (AvgIpc) is 2.49. The largest absolute Gasteiger partial charge is 0.503 e. The molecule has 1 aromatic carbocycles. The Morgan fingerprint density at radius 2 is 1.83 bits per heavy atom. The lowest BCUT2D eigenvalue weighted by molar-refractivity contribution is -0.138. The van der Waals surface area contributed by atoms with Crippen molar-refractivity contribution in [1.82, 2.24) is 0 Å². The molecule has 1 aromatic rings. The van der Waals surface area contributed by atoms with E-state index in [0.717, 1.165) is 31.4 Å². The number of allylic oxidation sites excluding steroid dienone is 2. The SMILES string of the molecule is COC=C(C(=O)OC)C(=CC=Cc1ccccc1C)C(F)(F)F. The van der Waals surface area contributed by atoms with Gasteiger partial charge in [-0.05, 0) is 24.1 Å². The molecule has 0 atom stereocenters. The van der Waals surface area contributed by atoms with Gasteiger partial charge in [0.05, 0.1) is 26.1 Å². The highest BCUT2D eigenvalue weighted by molar-refractivity contribution is 5.93. The van der Waals surface area contributed by atoms with Crippen molar-refractivity contribution < 1.29 is 27.4 Å². The maximum Gasteiger partial charge on any atom is 0.417 e. The van der Waals surface area contributed by atoms with E-state index in [1.54, 1.807) is 12.1 Å². The number of carbonyl (C=O) groups is 1. The van der Waals surface area contributed by atoms with Crippen LogP contribution in [0.25, 0.3) is 6.08 Å². The molecular formula is C17H17F3O3. The van der Waals surface area contributed by atoms with E-state index in [1.165, 1.54) is 12.2 Å². The molecule has 124 valence electrons. The van der Waals surface area contributed by atoms with Crippen LogP contribution < -0.4 is 0 Å². The van der Waals surface area contributed by atoms with Gasteiger partial charge in [-0.3, -0.25) is 0 Å². The third-order valence-electron chi connectivity index (χ3n) is 2.96. The first-order valence-electron chi connectivity index (χ1n) is 6.64. The molecule has 0 aliphatic heterocycles. The van der Waals surface area contributed by atoms with E-state index in [0.29, 0.717) is 6.26 Å². The van der Waals surface area contributed by atoms with Crippen LogP contribution in [-0.4, -0.2) is 26.4 Å². The zero-order valence-electron chi connectivity index (χ0n) is 13.0. The fourth-order valence-corrected chi connectivity index (χ4v) is 1.81. The van der Waals surface area contributed by atoms with Crippen molar-refractivity contribution in [2.45, 2.75) is 13.1 Å². The second-order valence-electron chi connectivity index (χ2n) is 4.55. The first-order chi connectivity index (χ1) is 10.8. The van der Waals surface area contributed by atoms with Gasteiger partial charge < -0.3 is 9.47 Å². The summed E-state index contributed by atoms with van der Waals surface area (Å²) in [6, 6.07) is 7.24. The van der Waals surface area contributed by atoms with Gasteiger partial charge in [0.1, 0.15) is 5.57 Å². The number of methoxy groups -OCH3 is 2. The van der Waals surface area contributed by atoms with Crippen LogP contribution in [0, 0.1) is 6.92 Å². The van der Waals surface area contributed by atoms with Crippen LogP contribution in [0.2, 0.25) is 0 Å². The highest BCUT2D eigenvalue weighted by Gasteiger charge is 2.38. The maximum absolute atomic E-state index is 13.2. The van der Waals surface area contributed by atoms with Crippen LogP contribution in [0.4, 0.5) is 13.2 Å². The van der Waals surface area contributed by atoms with Gasteiger partial charge in [0.15, 0.2) is 0 Å². The molecule has 0 aliphatic carbocycles. The summed E-state index contributed by atoms with van der Waals surface area (Å²) in [7, 11) is 2.16. The molecule has 0 bridgehead atoms. The number of esters is 1. The van der Waals surface area contributed by atoms with E-state index in [2.05, 4.69) is 9.47 Å². The van der Waals surface area contributed by atoms with Gasteiger partial charge in [-0.15, -0.1) is 0 Å². The Labute approximate surface area is 132 Å². The van der Waals surface area contributed by atoms with E-state index < -0.39 is 23.3 Å². The molecule has 23 heavy (non-hydrogen) atoms. The first kappa shape index (κ1) is 18.5. The van der Waals surface area contributed by atoms with E-state index in [4.69, 9.17) is 0 Å². The molecule has 0 unspecified atom stereocenters. The van der Waals surface area contributed by atoms with Gasteiger partial charge >= 0.3 is 12.1 Å². The van der Waals surface area contributed by atoms with E-state index in [9.17, 15) is 18.0 Å². The molecule has 6 heteroatoms. The minimum atomic E-state index is -4.73. The van der Waals surface area contributed by atoms with Crippen molar-refractivity contribution in [1.29, 1.82) is 0 Å². The van der Waals surface area contributed by atoms with Gasteiger partial charge in [0.2, 0.25) is 0 Å². The van der Waals surface area contributed by atoms with Crippen LogP contribution in [0.1, 0.15) is 11.1 Å². The number of rotatable bonds is 5. The fraction of sp³-hybridized carbons (Fsp3) is 0.235. The lowest BCUT2D eigenvalue weighted by Gasteiger charge is -2.13. The Balaban J connectivity index is 3.24. The lowest BCUT2D eigenvalue weighted by atomic mass is 10.1. The minimum Gasteiger partial charge on any atom is -0.503 e. The Kier molecular flexibility index (Phi) is 6.63. The summed E-state index contributed by atoms with van der Waals surface area (Å²) in [5.41, 5.74) is -0.139. The Morgan fingerprint density at radius 3 is 2.35 bits per heavy atom. The third-order valence-corrected chi connectivity index (χ3v) is 2.96. The molecular weight excluding hydrogens is 309 g/mol. The van der Waals surface area contributed by atoms with Gasteiger partial charge in [0, 0.05) is 0 Å². The monoisotopic (exact) mass is 326 g/mol. The molecule has 0 spiro atoms. The second kappa shape index (κ2) is 8.22. The molecule has 1 rings (SSSR count). The summed E-state index contributed by atoms with van der Waals surface area (Å²) in [6.45, 7) is 1.85. The lowest BCUT2D eigenvalue weighted by Crippen LogP contribution is -2.19. The van der Waals surface area contributed by atoms with E-state index in [-0.39, 0.29) is 0 Å². The maximum atomic E-state index is 13.2. The van der Waals surface area contributed by atoms with Crippen molar-refractivity contribution in [2.75, 3.05) is 14.2 Å². The van der Waals surface area contributed by atoms with Gasteiger partial charge in [-0.1, -0.05) is 36.4 Å². The predicted molar refractivity (Wildman–Crippen MR) is 81.5 cm³/mol. The molecule has 0 saturated heterocycles. The van der Waals surface area contributed by atoms with Crippen LogP contribution in [0.3, 0.4) is 0 Å². The average molecular weight is 326 g/mol. The van der Waals surface area contributed by atoms with Gasteiger partial charge in [-0.25, -0.2) is 4.79 Å². The molecule has 0 fully saturated rings. The topological polar surface area (TPSA) is 35.5 Å². The summed E-state index contributed by atoms with van der Waals surface area (Å²) >= 11 is 0. The van der Waals surface area contributed by atoms with Crippen LogP contribution >= 0.6 is 0 Å². The normalized spacial score (nSPS) is 13.3. The second-order valence-corrected chi connectivity index (χ2v) is 4.55. The van der Waals surface area contributed by atoms with Gasteiger partial charge in [-0.2, -0.15) is 13.2 Å². The predicted octanol–water partition coefficient (Wildman–Crippen LogP) is 4.20. The highest BCUT2D eigenvalue weighted by Crippen LogP contribution is 2.32. The minimum absolute atomic E-state index is 0.697. The molecule has 0 amide bonds. The summed E-state index contributed by atoms with van der Waals surface area (Å²) in [6.07, 6.45) is -0.435. The summed E-state index contributed by atoms with van der Waals surface area (Å²) in [4.78, 5) is 11.5. The Hall–Kier alpha value is -2.50. The number of ether oxygens (including phenoxy) is 2. The van der Waals surface area contributed by atoms with Crippen LogP contribution in [0.5, 0.6) is 0 Å². The molecule has 0 heterocycles. The third kappa shape index (κ3) is 5.32. The van der Waals surface area contributed by atoms with E-state index in [1.807, 2.05) is 19.1 Å². The molecule has 0 radical (unpaired) electrons. The van der Waals surface area contributed by atoms with Gasteiger partial charge in [0.25, 0.3) is 0 Å². The summed E-state index contributed by atoms with van der Waals surface area (Å²) in [5, 5.41) is 0. The molecule has 0 aliphatic rings. The van der Waals surface area contributed by atoms with E-state index >= 15 is 0 Å². The number of hydrogen-bond acceptors (Lipinski definition) is 3. The number of halogens is 3. The zero-order valence-corrected chi connectivity index (χ0v) is 13.0. The first-order valence-corrected chi connectivity index (χ1v) is 6.64. The van der Waals surface area contributed by atoms with Crippen LogP contribution in [-0.2, 0) is 14.3 Å². The molecule has 0 aromatic heterocycles. The highest BCUT2D eigenvalue weighted by atomic mass is 19.4. The van der Waals surface area contributed by atoms with Crippen molar-refractivity contribution in [3.05, 3.63) is 65.0 Å². The number of hydrogen-bond donors (Lipinski definition) is 0. The van der Waals surface area contributed by atoms with Crippen molar-refractivity contribution >= 4 is 12.0 Å². The smallest absolute Gasteiger partial charge is 0.417 e. The van der Waals surface area contributed by atoms with Crippen molar-refractivity contribution in [3.63, 3.8) is 0 Å².